The molecule has 1 aliphatic heterocycles. The van der Waals surface area contributed by atoms with Gasteiger partial charge in [0.2, 0.25) is 0 Å². The average molecular weight is 274 g/mol. The van der Waals surface area contributed by atoms with Crippen molar-refractivity contribution >= 4 is 33.2 Å². The van der Waals surface area contributed by atoms with Gasteiger partial charge in [0, 0.05) is 10.8 Å². The lowest BCUT2D eigenvalue weighted by atomic mass is 10.1. The van der Waals surface area contributed by atoms with Crippen molar-refractivity contribution in [1.29, 1.82) is 0 Å². The minimum atomic E-state index is 0.791. The number of ether oxygens (including phenoxy) is 1. The number of fused-ring (bicyclic) bond motifs is 6. The van der Waals surface area contributed by atoms with Crippen LogP contribution in [0.5, 0.6) is 11.5 Å². The number of hydrogen-bond acceptors (Lipinski definition) is 4. The molecule has 2 heterocycles. The van der Waals surface area contributed by atoms with Crippen molar-refractivity contribution < 1.29 is 9.15 Å². The maximum atomic E-state index is 5.97. The predicted molar refractivity (Wildman–Crippen MR) is 81.3 cm³/mol. The molecule has 0 aliphatic carbocycles. The van der Waals surface area contributed by atoms with Gasteiger partial charge in [-0.05, 0) is 36.4 Å². The molecule has 5 rings (SSSR count). The molecular formula is C17H10N2O2. The van der Waals surface area contributed by atoms with Gasteiger partial charge in [-0.3, -0.25) is 0 Å². The number of rotatable bonds is 0. The SMILES string of the molecule is c1ccc2c(c1)Nc1c(ccc3c1ccc1ocnc13)O2. The summed E-state index contributed by atoms with van der Waals surface area (Å²) in [4.78, 5) is 4.30. The molecule has 1 N–H and O–H groups in total. The van der Waals surface area contributed by atoms with Crippen LogP contribution in [0.1, 0.15) is 0 Å². The highest BCUT2D eigenvalue weighted by molar-refractivity contribution is 6.10. The number of para-hydroxylation sites is 2. The van der Waals surface area contributed by atoms with E-state index in [1.165, 1.54) is 6.39 Å². The van der Waals surface area contributed by atoms with Gasteiger partial charge in [0.05, 0.1) is 11.4 Å². The maximum absolute atomic E-state index is 5.97. The molecule has 0 saturated heterocycles. The fourth-order valence-corrected chi connectivity index (χ4v) is 2.84. The normalized spacial score (nSPS) is 12.6. The molecule has 0 unspecified atom stereocenters. The van der Waals surface area contributed by atoms with E-state index in [1.54, 1.807) is 0 Å². The van der Waals surface area contributed by atoms with E-state index in [4.69, 9.17) is 9.15 Å². The van der Waals surface area contributed by atoms with E-state index >= 15 is 0 Å². The van der Waals surface area contributed by atoms with E-state index in [9.17, 15) is 0 Å². The van der Waals surface area contributed by atoms with Gasteiger partial charge in [0.25, 0.3) is 0 Å². The lowest BCUT2D eigenvalue weighted by Gasteiger charge is -2.23. The largest absolute Gasteiger partial charge is 0.453 e. The molecule has 1 aliphatic rings. The first-order valence-electron chi connectivity index (χ1n) is 6.73. The average Bonchev–Trinajstić information content (AvgIpc) is 3.01. The van der Waals surface area contributed by atoms with Crippen LogP contribution in [-0.2, 0) is 0 Å². The summed E-state index contributed by atoms with van der Waals surface area (Å²) in [6.45, 7) is 0. The standard InChI is InChI=1S/C17H10N2O2/c1-2-4-13-12(3-1)19-17-11-5-7-14-16(18-9-20-14)10(11)6-8-15(17)21-13/h1-9,19H. The second-order valence-electron chi connectivity index (χ2n) is 5.02. The van der Waals surface area contributed by atoms with E-state index in [2.05, 4.69) is 10.3 Å². The van der Waals surface area contributed by atoms with Gasteiger partial charge in [-0.15, -0.1) is 0 Å². The highest BCUT2D eigenvalue weighted by atomic mass is 16.5. The molecule has 4 heteroatoms. The Bertz CT molecular complexity index is 1000. The molecule has 4 aromatic rings. The number of benzene rings is 3. The van der Waals surface area contributed by atoms with Crippen molar-refractivity contribution in [3.05, 3.63) is 54.9 Å². The summed E-state index contributed by atoms with van der Waals surface area (Å²) in [6.07, 6.45) is 1.47. The molecule has 0 fully saturated rings. The van der Waals surface area contributed by atoms with Gasteiger partial charge in [0.15, 0.2) is 23.5 Å². The van der Waals surface area contributed by atoms with Gasteiger partial charge < -0.3 is 14.5 Å². The Morgan fingerprint density at radius 1 is 0.857 bits per heavy atom. The van der Waals surface area contributed by atoms with Crippen LogP contribution in [0.4, 0.5) is 11.4 Å². The van der Waals surface area contributed by atoms with Crippen molar-refractivity contribution in [3.63, 3.8) is 0 Å². The van der Waals surface area contributed by atoms with Crippen molar-refractivity contribution in [1.82, 2.24) is 4.98 Å². The Morgan fingerprint density at radius 3 is 2.76 bits per heavy atom. The Balaban J connectivity index is 1.83. The number of hydrogen-bond donors (Lipinski definition) is 1. The zero-order valence-corrected chi connectivity index (χ0v) is 11.0. The van der Waals surface area contributed by atoms with Crippen LogP contribution in [0.15, 0.2) is 59.3 Å². The predicted octanol–water partition coefficient (Wildman–Crippen LogP) is 4.83. The molecule has 0 spiro atoms. The van der Waals surface area contributed by atoms with Crippen molar-refractivity contribution in [2.45, 2.75) is 0 Å². The van der Waals surface area contributed by atoms with Gasteiger partial charge >= 0.3 is 0 Å². The number of oxazole rings is 1. The van der Waals surface area contributed by atoms with Crippen LogP contribution in [0.2, 0.25) is 0 Å². The Labute approximate surface area is 120 Å². The number of nitrogens with zero attached hydrogens (tertiary/aromatic N) is 1. The topological polar surface area (TPSA) is 47.3 Å². The van der Waals surface area contributed by atoms with Crippen LogP contribution in [0, 0.1) is 0 Å². The highest BCUT2D eigenvalue weighted by Gasteiger charge is 2.19. The van der Waals surface area contributed by atoms with Crippen LogP contribution < -0.4 is 10.1 Å². The fourth-order valence-electron chi connectivity index (χ4n) is 2.84. The quantitative estimate of drug-likeness (QED) is 0.439. The highest BCUT2D eigenvalue weighted by Crippen LogP contribution is 2.45. The van der Waals surface area contributed by atoms with Crippen LogP contribution in [-0.4, -0.2) is 4.98 Å². The summed E-state index contributed by atoms with van der Waals surface area (Å²) in [5, 5.41) is 5.58. The first-order chi connectivity index (χ1) is 10.4. The first-order valence-corrected chi connectivity index (χ1v) is 6.73. The second kappa shape index (κ2) is 3.76. The zero-order chi connectivity index (χ0) is 13.8. The van der Waals surface area contributed by atoms with E-state index in [1.807, 2.05) is 48.5 Å². The summed E-state index contributed by atoms with van der Waals surface area (Å²) in [5.74, 6) is 1.66. The summed E-state index contributed by atoms with van der Waals surface area (Å²) >= 11 is 0. The molecule has 0 radical (unpaired) electrons. The minimum absolute atomic E-state index is 0.791. The molecule has 0 saturated carbocycles. The molecule has 4 nitrogen and oxygen atoms in total. The molecule has 0 atom stereocenters. The molecule has 100 valence electrons. The molecule has 0 amide bonds. The third-order valence-corrected chi connectivity index (χ3v) is 3.83. The Morgan fingerprint density at radius 2 is 1.76 bits per heavy atom. The second-order valence-corrected chi connectivity index (χ2v) is 5.02. The Hall–Kier alpha value is -3.01. The van der Waals surface area contributed by atoms with E-state index in [0.29, 0.717) is 0 Å². The third kappa shape index (κ3) is 1.41. The lowest BCUT2D eigenvalue weighted by molar-refractivity contribution is 0.482. The van der Waals surface area contributed by atoms with Crippen LogP contribution >= 0.6 is 0 Å². The van der Waals surface area contributed by atoms with Crippen molar-refractivity contribution in [3.8, 4) is 11.5 Å². The first kappa shape index (κ1) is 10.7. The molecule has 0 bridgehead atoms. The van der Waals surface area contributed by atoms with Crippen LogP contribution in [0.25, 0.3) is 21.9 Å². The number of anilines is 2. The van der Waals surface area contributed by atoms with Gasteiger partial charge in [-0.25, -0.2) is 4.98 Å². The smallest absolute Gasteiger partial charge is 0.182 e. The minimum Gasteiger partial charge on any atom is -0.453 e. The summed E-state index contributed by atoms with van der Waals surface area (Å²) in [5.41, 5.74) is 3.60. The van der Waals surface area contributed by atoms with E-state index < -0.39 is 0 Å². The van der Waals surface area contributed by atoms with Crippen molar-refractivity contribution in [2.24, 2.45) is 0 Å². The molecule has 3 aromatic carbocycles. The Kier molecular flexibility index (Phi) is 1.92. The number of aromatic nitrogens is 1. The number of nitrogens with one attached hydrogen (secondary N) is 1. The molecular weight excluding hydrogens is 264 g/mol. The summed E-state index contributed by atoms with van der Waals surface area (Å²) < 4.78 is 11.3. The van der Waals surface area contributed by atoms with Crippen molar-refractivity contribution in [2.75, 3.05) is 5.32 Å². The van der Waals surface area contributed by atoms with Gasteiger partial charge in [0.1, 0.15) is 5.52 Å². The van der Waals surface area contributed by atoms with Gasteiger partial charge in [-0.2, -0.15) is 0 Å². The summed E-state index contributed by atoms with van der Waals surface area (Å²) in [7, 11) is 0. The van der Waals surface area contributed by atoms with Crippen LogP contribution in [0.3, 0.4) is 0 Å². The third-order valence-electron chi connectivity index (χ3n) is 3.83. The van der Waals surface area contributed by atoms with E-state index in [-0.39, 0.29) is 0 Å². The molecule has 21 heavy (non-hydrogen) atoms. The molecule has 1 aromatic heterocycles. The lowest BCUT2D eigenvalue weighted by Crippen LogP contribution is -2.03. The summed E-state index contributed by atoms with van der Waals surface area (Å²) in [6, 6.07) is 15.9. The maximum Gasteiger partial charge on any atom is 0.182 e. The van der Waals surface area contributed by atoms with E-state index in [0.717, 1.165) is 44.7 Å². The monoisotopic (exact) mass is 274 g/mol. The fraction of sp³-hybridized carbons (Fsp3) is 0. The van der Waals surface area contributed by atoms with Gasteiger partial charge in [-0.1, -0.05) is 12.1 Å². The zero-order valence-electron chi connectivity index (χ0n) is 11.0.